The molecule has 1 amide bonds. The predicted molar refractivity (Wildman–Crippen MR) is 137 cm³/mol. The Hall–Kier alpha value is -0.610. The second-order valence-electron chi connectivity index (χ2n) is 10.2. The van der Waals surface area contributed by atoms with Crippen molar-refractivity contribution in [3.05, 3.63) is 0 Å². The van der Waals surface area contributed by atoms with Gasteiger partial charge in [0.1, 0.15) is 0 Å². The van der Waals surface area contributed by atoms with Gasteiger partial charge >= 0.3 is 0 Å². The van der Waals surface area contributed by atoms with E-state index >= 15 is 0 Å². The van der Waals surface area contributed by atoms with Gasteiger partial charge in [0.2, 0.25) is 5.91 Å². The Balaban J connectivity index is 0.00000341. The third-order valence-corrected chi connectivity index (χ3v) is 6.77. The van der Waals surface area contributed by atoms with Crippen LogP contribution in [0, 0.1) is 11.3 Å². The van der Waals surface area contributed by atoms with E-state index in [9.17, 15) is 4.79 Å². The van der Waals surface area contributed by atoms with Crippen molar-refractivity contribution in [1.29, 1.82) is 0 Å². The summed E-state index contributed by atoms with van der Waals surface area (Å²) in [6.07, 6.45) is 6.21. The Morgan fingerprint density at radius 3 is 2.29 bits per heavy atom. The Kier molecular flexibility index (Phi) is 10.8. The minimum Gasteiger partial charge on any atom is -0.377 e. The summed E-state index contributed by atoms with van der Waals surface area (Å²) in [5, 5.41) is 3.62. The van der Waals surface area contributed by atoms with Crippen LogP contribution in [0.2, 0.25) is 0 Å². The van der Waals surface area contributed by atoms with Gasteiger partial charge in [-0.3, -0.25) is 14.7 Å². The van der Waals surface area contributed by atoms with Crippen molar-refractivity contribution in [2.75, 3.05) is 66.0 Å². The summed E-state index contributed by atoms with van der Waals surface area (Å²) in [5.41, 5.74) is 0.156. The van der Waals surface area contributed by atoms with E-state index in [4.69, 9.17) is 4.74 Å². The monoisotopic (exact) mass is 549 g/mol. The highest BCUT2D eigenvalue weighted by molar-refractivity contribution is 14.0. The first kappa shape index (κ1) is 26.6. The lowest BCUT2D eigenvalue weighted by atomic mass is 9.78. The molecule has 3 heterocycles. The lowest BCUT2D eigenvalue weighted by Gasteiger charge is -2.41. The second-order valence-corrected chi connectivity index (χ2v) is 10.2. The Morgan fingerprint density at radius 1 is 1.00 bits per heavy atom. The fourth-order valence-corrected chi connectivity index (χ4v) is 5.12. The van der Waals surface area contributed by atoms with Crippen molar-refractivity contribution in [1.82, 2.24) is 20.0 Å². The molecule has 7 nitrogen and oxygen atoms in total. The molecule has 0 bridgehead atoms. The molecule has 3 fully saturated rings. The van der Waals surface area contributed by atoms with Gasteiger partial charge in [0.25, 0.3) is 0 Å². The number of hydrogen-bond acceptors (Lipinski definition) is 4. The van der Waals surface area contributed by atoms with Crippen LogP contribution in [-0.4, -0.2) is 98.7 Å². The molecule has 0 radical (unpaired) electrons. The minimum absolute atomic E-state index is 0. The van der Waals surface area contributed by atoms with Gasteiger partial charge in [-0.2, -0.15) is 0 Å². The summed E-state index contributed by atoms with van der Waals surface area (Å²) in [4.78, 5) is 23.8. The molecule has 0 aromatic carbocycles. The van der Waals surface area contributed by atoms with Crippen LogP contribution in [0.25, 0.3) is 0 Å². The Bertz CT molecular complexity index is 581. The highest BCUT2D eigenvalue weighted by atomic mass is 127. The van der Waals surface area contributed by atoms with E-state index in [0.29, 0.717) is 18.4 Å². The number of guanidine groups is 1. The topological polar surface area (TPSA) is 60.4 Å². The van der Waals surface area contributed by atoms with Crippen molar-refractivity contribution in [2.45, 2.75) is 59.0 Å². The molecular formula is C23H44IN5O2. The lowest BCUT2D eigenvalue weighted by Crippen LogP contribution is -2.55. The van der Waals surface area contributed by atoms with Gasteiger partial charge in [0, 0.05) is 65.4 Å². The molecule has 3 aliphatic rings. The summed E-state index contributed by atoms with van der Waals surface area (Å²) >= 11 is 0. The fourth-order valence-electron chi connectivity index (χ4n) is 5.12. The number of carbonyl (C=O) groups excluding carboxylic acids is 1. The summed E-state index contributed by atoms with van der Waals surface area (Å²) in [7, 11) is 1.87. The minimum atomic E-state index is 0. The third-order valence-electron chi connectivity index (χ3n) is 6.77. The number of piperidine rings is 1. The summed E-state index contributed by atoms with van der Waals surface area (Å²) in [6, 6.07) is 0. The van der Waals surface area contributed by atoms with Crippen LogP contribution < -0.4 is 5.32 Å². The average molecular weight is 550 g/mol. The molecule has 0 saturated carbocycles. The van der Waals surface area contributed by atoms with Gasteiger partial charge in [-0.15, -0.1) is 24.0 Å². The summed E-state index contributed by atoms with van der Waals surface area (Å²) in [5.74, 6) is 1.80. The van der Waals surface area contributed by atoms with Gasteiger partial charge in [-0.25, -0.2) is 0 Å². The highest BCUT2D eigenvalue weighted by Gasteiger charge is 2.35. The number of hydrogen-bond donors (Lipinski definition) is 1. The number of aliphatic imine (C=N–C) groups is 1. The largest absolute Gasteiger partial charge is 0.377 e. The molecule has 8 heteroatoms. The quantitative estimate of drug-likeness (QED) is 0.332. The molecule has 3 rings (SSSR count). The number of amides is 1. The molecule has 3 aliphatic heterocycles. The molecule has 0 aromatic rings. The average Bonchev–Trinajstić information content (AvgIpc) is 2.75. The zero-order valence-electron chi connectivity index (χ0n) is 20.1. The number of rotatable bonds is 4. The van der Waals surface area contributed by atoms with Gasteiger partial charge in [0.05, 0.1) is 12.6 Å². The number of likely N-dealkylation sites (tertiary alicyclic amines) is 1. The standard InChI is InChI=1S/C23H43N5O2.HI/c1-23(2,3)21-19(9-8-16-30-21)17-25-22(24-4)28-14-12-26(13-15-28)18-20(29)27-10-6-5-7-11-27;/h19,21H,5-18H2,1-4H3,(H,24,25);1H. The van der Waals surface area contributed by atoms with E-state index in [1.54, 1.807) is 0 Å². The van der Waals surface area contributed by atoms with Crippen molar-refractivity contribution >= 4 is 35.8 Å². The zero-order chi connectivity index (χ0) is 21.6. The Labute approximate surface area is 206 Å². The number of nitrogens with zero attached hydrogens (tertiary/aromatic N) is 4. The van der Waals surface area contributed by atoms with Crippen LogP contribution in [0.4, 0.5) is 0 Å². The second kappa shape index (κ2) is 12.6. The van der Waals surface area contributed by atoms with E-state index in [2.05, 4.69) is 40.9 Å². The first-order valence-electron chi connectivity index (χ1n) is 12.0. The molecule has 31 heavy (non-hydrogen) atoms. The van der Waals surface area contributed by atoms with Crippen LogP contribution in [0.1, 0.15) is 52.9 Å². The van der Waals surface area contributed by atoms with Crippen molar-refractivity contribution in [2.24, 2.45) is 16.3 Å². The van der Waals surface area contributed by atoms with Gasteiger partial charge < -0.3 is 19.9 Å². The van der Waals surface area contributed by atoms with E-state index in [1.807, 2.05) is 11.9 Å². The molecule has 3 saturated heterocycles. The van der Waals surface area contributed by atoms with Crippen LogP contribution in [0.15, 0.2) is 4.99 Å². The summed E-state index contributed by atoms with van der Waals surface area (Å²) in [6.45, 7) is 14.7. The van der Waals surface area contributed by atoms with E-state index in [-0.39, 0.29) is 35.5 Å². The van der Waals surface area contributed by atoms with Crippen molar-refractivity contribution in [3.63, 3.8) is 0 Å². The molecule has 0 aliphatic carbocycles. The predicted octanol–water partition coefficient (Wildman–Crippen LogP) is 2.65. The molecule has 0 spiro atoms. The van der Waals surface area contributed by atoms with E-state index in [1.165, 1.54) is 12.8 Å². The first-order chi connectivity index (χ1) is 14.4. The molecule has 2 atom stereocenters. The van der Waals surface area contributed by atoms with Crippen LogP contribution >= 0.6 is 24.0 Å². The van der Waals surface area contributed by atoms with Gasteiger partial charge in [0.15, 0.2) is 5.96 Å². The number of carbonyl (C=O) groups is 1. The number of halogens is 1. The maximum atomic E-state index is 12.5. The first-order valence-corrected chi connectivity index (χ1v) is 12.0. The third kappa shape index (κ3) is 7.74. The van der Waals surface area contributed by atoms with Gasteiger partial charge in [-0.05, 0) is 37.5 Å². The highest BCUT2D eigenvalue weighted by Crippen LogP contribution is 2.33. The van der Waals surface area contributed by atoms with Crippen LogP contribution in [-0.2, 0) is 9.53 Å². The number of nitrogens with one attached hydrogen (secondary N) is 1. The lowest BCUT2D eigenvalue weighted by molar-refractivity contribution is -0.133. The van der Waals surface area contributed by atoms with Crippen LogP contribution in [0.3, 0.4) is 0 Å². The molecule has 180 valence electrons. The fraction of sp³-hybridized carbons (Fsp3) is 0.913. The molecule has 2 unspecified atom stereocenters. The summed E-state index contributed by atoms with van der Waals surface area (Å²) < 4.78 is 6.13. The zero-order valence-corrected chi connectivity index (χ0v) is 22.4. The van der Waals surface area contributed by atoms with E-state index < -0.39 is 0 Å². The number of piperazine rings is 1. The smallest absolute Gasteiger partial charge is 0.236 e. The number of ether oxygens (including phenoxy) is 1. The van der Waals surface area contributed by atoms with Crippen molar-refractivity contribution < 1.29 is 9.53 Å². The van der Waals surface area contributed by atoms with Gasteiger partial charge in [-0.1, -0.05) is 20.8 Å². The van der Waals surface area contributed by atoms with E-state index in [0.717, 1.165) is 77.6 Å². The van der Waals surface area contributed by atoms with Crippen molar-refractivity contribution in [3.8, 4) is 0 Å². The maximum Gasteiger partial charge on any atom is 0.236 e. The molecular weight excluding hydrogens is 505 g/mol. The Morgan fingerprint density at radius 2 is 1.68 bits per heavy atom. The van der Waals surface area contributed by atoms with Crippen LogP contribution in [0.5, 0.6) is 0 Å². The SMILES string of the molecule is CN=C(NCC1CCCOC1C(C)(C)C)N1CCN(CC(=O)N2CCCCC2)CC1.I. The maximum absolute atomic E-state index is 12.5. The molecule has 0 aromatic heterocycles. The normalized spacial score (nSPS) is 26.4. The molecule has 1 N–H and O–H groups in total.